The molecule has 0 radical (unpaired) electrons. The molecule has 0 aromatic heterocycles. The molecule has 0 aromatic rings. The fourth-order valence-corrected chi connectivity index (χ4v) is 1.67. The van der Waals surface area contributed by atoms with Gasteiger partial charge in [0.25, 0.3) is 0 Å². The van der Waals surface area contributed by atoms with Crippen LogP contribution in [0.25, 0.3) is 0 Å². The molecule has 0 spiro atoms. The van der Waals surface area contributed by atoms with Gasteiger partial charge in [0, 0.05) is 0 Å². The number of hydrogen-bond donors (Lipinski definition) is 0. The van der Waals surface area contributed by atoms with Crippen LogP contribution in [0.15, 0.2) is 23.6 Å². The van der Waals surface area contributed by atoms with Gasteiger partial charge in [0.1, 0.15) is 0 Å². The van der Waals surface area contributed by atoms with Crippen LogP contribution in [-0.4, -0.2) is 9.52 Å². The molecule has 0 nitrogen and oxygen atoms in total. The van der Waals surface area contributed by atoms with Crippen LogP contribution in [0.1, 0.15) is 0 Å². The Morgan fingerprint density at radius 1 is 1.00 bits per heavy atom. The zero-order valence-corrected chi connectivity index (χ0v) is 5.31. The van der Waals surface area contributed by atoms with Crippen molar-refractivity contribution in [2.45, 2.75) is 0 Å². The summed E-state index contributed by atoms with van der Waals surface area (Å²) in [4.78, 5) is 0. The normalized spacial score (nSPS) is 19.2. The summed E-state index contributed by atoms with van der Waals surface area (Å²) < 4.78 is 0. The first-order valence-corrected chi connectivity index (χ1v) is 4.46. The van der Waals surface area contributed by atoms with E-state index in [4.69, 9.17) is 0 Å². The van der Waals surface area contributed by atoms with Gasteiger partial charge in [-0.05, 0) is 0 Å². The minimum absolute atomic E-state index is 0.201. The first-order chi connectivity index (χ1) is 2.50. The Hall–Kier alpha value is -0.303. The molecule has 28 valence electrons. The van der Waals surface area contributed by atoms with Gasteiger partial charge in [0.05, 0.1) is 0 Å². The minimum atomic E-state index is -0.201. The summed E-state index contributed by atoms with van der Waals surface area (Å²) in [6, 6.07) is 0. The topological polar surface area (TPSA) is 0 Å². The SMILES string of the molecule is C1=C[SiH3-]C=C1. The van der Waals surface area contributed by atoms with Gasteiger partial charge in [0.2, 0.25) is 0 Å². The third-order valence-corrected chi connectivity index (χ3v) is 2.42. The first kappa shape index (κ1) is 2.91. The molecule has 1 heterocycles. The standard InChI is InChI=1S/C4H7Si/c1-2-4-5-3-1/h1-4H,5H3/q-1. The van der Waals surface area contributed by atoms with Crippen LogP contribution in [0.4, 0.5) is 0 Å². The van der Waals surface area contributed by atoms with Gasteiger partial charge in [-0.15, -0.1) is 0 Å². The van der Waals surface area contributed by atoms with Crippen LogP contribution in [0.2, 0.25) is 0 Å². The van der Waals surface area contributed by atoms with Gasteiger partial charge in [-0.25, -0.2) is 0 Å². The van der Waals surface area contributed by atoms with Gasteiger partial charge >= 0.3 is 33.1 Å². The summed E-state index contributed by atoms with van der Waals surface area (Å²) in [5, 5.41) is 0. The summed E-state index contributed by atoms with van der Waals surface area (Å²) in [5.41, 5.74) is 4.64. The zero-order chi connectivity index (χ0) is 3.54. The molecule has 0 saturated heterocycles. The van der Waals surface area contributed by atoms with Crippen molar-refractivity contribution in [3.63, 3.8) is 0 Å². The van der Waals surface area contributed by atoms with Gasteiger partial charge in [-0.3, -0.25) is 0 Å². The number of hydrogen-bond acceptors (Lipinski definition) is 0. The van der Waals surface area contributed by atoms with Crippen molar-refractivity contribution < 1.29 is 0 Å². The molecule has 0 aromatic carbocycles. The maximum absolute atomic E-state index is 2.32. The average molecular weight is 83.2 g/mol. The molecular weight excluding hydrogens is 76.1 g/mol. The molecule has 1 aliphatic rings. The van der Waals surface area contributed by atoms with Crippen LogP contribution in [-0.2, 0) is 0 Å². The van der Waals surface area contributed by atoms with E-state index in [2.05, 4.69) is 23.6 Å². The fraction of sp³-hybridized carbons (Fsp3) is 0. The van der Waals surface area contributed by atoms with E-state index in [1.807, 2.05) is 0 Å². The zero-order valence-electron chi connectivity index (χ0n) is 3.31. The van der Waals surface area contributed by atoms with Crippen molar-refractivity contribution in [1.29, 1.82) is 0 Å². The molecule has 0 amide bonds. The summed E-state index contributed by atoms with van der Waals surface area (Å²) in [6.45, 7) is 0. The predicted molar refractivity (Wildman–Crippen MR) is 28.2 cm³/mol. The van der Waals surface area contributed by atoms with E-state index < -0.39 is 0 Å². The molecule has 0 unspecified atom stereocenters. The van der Waals surface area contributed by atoms with Crippen molar-refractivity contribution in [2.75, 3.05) is 0 Å². The molecule has 0 atom stereocenters. The van der Waals surface area contributed by atoms with Crippen LogP contribution in [0, 0.1) is 0 Å². The van der Waals surface area contributed by atoms with E-state index in [9.17, 15) is 0 Å². The maximum atomic E-state index is 2.32. The summed E-state index contributed by atoms with van der Waals surface area (Å²) in [5.74, 6) is 0. The van der Waals surface area contributed by atoms with E-state index >= 15 is 0 Å². The third-order valence-electron chi connectivity index (χ3n) is 0.881. The van der Waals surface area contributed by atoms with Crippen molar-refractivity contribution in [3.05, 3.63) is 23.6 Å². The molecule has 1 rings (SSSR count). The molecule has 0 aliphatic carbocycles. The number of allylic oxidation sites excluding steroid dienone is 2. The molecule has 0 saturated carbocycles. The molecule has 0 bridgehead atoms. The average Bonchev–Trinajstić information content (AvgIpc) is 1.76. The molecule has 0 fully saturated rings. The van der Waals surface area contributed by atoms with Crippen LogP contribution in [0.5, 0.6) is 0 Å². The second-order valence-corrected chi connectivity index (χ2v) is 3.38. The van der Waals surface area contributed by atoms with Crippen LogP contribution >= 0.6 is 0 Å². The Balaban J connectivity index is 2.61. The Morgan fingerprint density at radius 2 is 1.60 bits per heavy atom. The second-order valence-electron chi connectivity index (χ2n) is 1.38. The van der Waals surface area contributed by atoms with Gasteiger partial charge < -0.3 is 0 Å². The summed E-state index contributed by atoms with van der Waals surface area (Å²) in [7, 11) is -0.201. The Labute approximate surface area is 34.0 Å². The van der Waals surface area contributed by atoms with Gasteiger partial charge in [0.15, 0.2) is 0 Å². The summed E-state index contributed by atoms with van der Waals surface area (Å²) in [6.07, 6.45) is 4.28. The van der Waals surface area contributed by atoms with Gasteiger partial charge in [-0.2, -0.15) is 0 Å². The van der Waals surface area contributed by atoms with Gasteiger partial charge in [-0.1, -0.05) is 0 Å². The van der Waals surface area contributed by atoms with E-state index in [0.717, 1.165) is 0 Å². The Kier molecular flexibility index (Phi) is 0.709. The molecule has 1 aliphatic heterocycles. The molecule has 0 N–H and O–H groups in total. The van der Waals surface area contributed by atoms with Crippen LogP contribution < -0.4 is 0 Å². The Bertz CT molecular complexity index is 61.7. The first-order valence-electron chi connectivity index (χ1n) is 2.15. The molecule has 1 heteroatoms. The van der Waals surface area contributed by atoms with Crippen molar-refractivity contribution in [2.24, 2.45) is 0 Å². The molecule has 5 heavy (non-hydrogen) atoms. The summed E-state index contributed by atoms with van der Waals surface area (Å²) >= 11 is 0. The van der Waals surface area contributed by atoms with E-state index in [1.54, 1.807) is 0 Å². The monoisotopic (exact) mass is 83.0 g/mol. The second kappa shape index (κ2) is 1.22. The van der Waals surface area contributed by atoms with Crippen molar-refractivity contribution >= 4 is 9.52 Å². The third kappa shape index (κ3) is 0.483. The quantitative estimate of drug-likeness (QED) is 0.360. The number of rotatable bonds is 0. The van der Waals surface area contributed by atoms with Crippen molar-refractivity contribution in [1.82, 2.24) is 0 Å². The fourth-order valence-electron chi connectivity index (χ4n) is 0.556. The molecular formula is C4H7Si-. The van der Waals surface area contributed by atoms with E-state index in [0.29, 0.717) is 0 Å². The predicted octanol–water partition coefficient (Wildman–Crippen LogP) is -0.0715. The van der Waals surface area contributed by atoms with E-state index in [-0.39, 0.29) is 9.52 Å². The van der Waals surface area contributed by atoms with E-state index in [1.165, 1.54) is 0 Å². The van der Waals surface area contributed by atoms with Crippen molar-refractivity contribution in [3.8, 4) is 0 Å². The van der Waals surface area contributed by atoms with Crippen LogP contribution in [0.3, 0.4) is 0 Å². The Morgan fingerprint density at radius 3 is 1.80 bits per heavy atom.